The molecular weight excluding hydrogens is 420 g/mol. The fourth-order valence-electron chi connectivity index (χ4n) is 4.77. The molecule has 0 aliphatic carbocycles. The fraction of sp³-hybridized carbons (Fsp3) is 0.375. The highest BCUT2D eigenvalue weighted by molar-refractivity contribution is 6.06. The maximum absolute atomic E-state index is 13.0. The zero-order valence-electron chi connectivity index (χ0n) is 18.6. The van der Waals surface area contributed by atoms with Crippen LogP contribution in [0.4, 0.5) is 10.5 Å². The highest BCUT2D eigenvalue weighted by atomic mass is 16.5. The summed E-state index contributed by atoms with van der Waals surface area (Å²) in [5.74, 6) is 1.10. The lowest BCUT2D eigenvalue weighted by Gasteiger charge is -2.44. The van der Waals surface area contributed by atoms with E-state index in [2.05, 4.69) is 31.0 Å². The summed E-state index contributed by atoms with van der Waals surface area (Å²) in [6.45, 7) is 3.51. The number of amides is 3. The molecule has 3 amide bonds. The summed E-state index contributed by atoms with van der Waals surface area (Å²) in [5.41, 5.74) is 2.61. The molecule has 3 saturated heterocycles. The largest absolute Gasteiger partial charge is 0.497 e. The molecule has 0 unspecified atom stereocenters. The molecule has 33 heavy (non-hydrogen) atoms. The zero-order chi connectivity index (χ0) is 22.8. The lowest BCUT2D eigenvalue weighted by atomic mass is 9.84. The number of urea groups is 1. The average Bonchev–Trinajstić information content (AvgIpc) is 3.27. The normalized spacial score (nSPS) is 21.5. The van der Waals surface area contributed by atoms with Gasteiger partial charge in [0.05, 0.1) is 12.6 Å². The number of aromatic nitrogens is 2. The Labute approximate surface area is 191 Å². The Bertz CT molecular complexity index is 1170. The van der Waals surface area contributed by atoms with E-state index < -0.39 is 0 Å². The molecule has 4 heterocycles. The number of nitrogens with one attached hydrogen (secondary N) is 4. The number of benzene rings is 2. The van der Waals surface area contributed by atoms with Gasteiger partial charge in [-0.1, -0.05) is 12.1 Å². The van der Waals surface area contributed by atoms with Crippen molar-refractivity contribution in [2.75, 3.05) is 32.1 Å². The Morgan fingerprint density at radius 1 is 1.18 bits per heavy atom. The highest BCUT2D eigenvalue weighted by Crippen LogP contribution is 2.28. The first kappa shape index (κ1) is 21.3. The topological polar surface area (TPSA) is 111 Å². The van der Waals surface area contributed by atoms with Crippen molar-refractivity contribution in [1.29, 1.82) is 0 Å². The summed E-state index contributed by atoms with van der Waals surface area (Å²) < 4.78 is 5.21. The van der Waals surface area contributed by atoms with E-state index in [-0.39, 0.29) is 18.0 Å². The van der Waals surface area contributed by atoms with Crippen molar-refractivity contribution in [2.45, 2.75) is 25.4 Å². The SMILES string of the molecule is COc1cccc(CNC(=O)Nc2ccc3[nH]nc(C(=O)N[C@@H]4CN5CCC4CC5)c3c2)c1. The third-order valence-electron chi connectivity index (χ3n) is 6.60. The monoisotopic (exact) mass is 448 g/mol. The number of rotatable bonds is 6. The van der Waals surface area contributed by atoms with E-state index in [9.17, 15) is 9.59 Å². The molecule has 6 rings (SSSR count). The number of methoxy groups -OCH3 is 1. The molecule has 3 aromatic rings. The Kier molecular flexibility index (Phi) is 5.87. The standard InChI is InChI=1S/C24H28N6O3/c1-33-18-4-2-3-15(11-18)13-25-24(32)26-17-5-6-20-19(12-17)22(29-28-20)23(31)27-21-14-30-9-7-16(21)8-10-30/h2-6,11-12,16,21H,7-10,13-14H2,1H3,(H,27,31)(H,28,29)(H2,25,26,32)/t21-/m1/s1. The van der Waals surface area contributed by atoms with Crippen molar-refractivity contribution in [3.8, 4) is 5.75 Å². The number of aromatic amines is 1. The molecule has 3 aliphatic heterocycles. The molecule has 1 aromatic heterocycles. The van der Waals surface area contributed by atoms with E-state index >= 15 is 0 Å². The molecule has 9 heteroatoms. The summed E-state index contributed by atoms with van der Waals surface area (Å²) in [4.78, 5) is 27.8. The first-order valence-electron chi connectivity index (χ1n) is 11.3. The van der Waals surface area contributed by atoms with Crippen LogP contribution in [0.3, 0.4) is 0 Å². The number of carbonyl (C=O) groups is 2. The summed E-state index contributed by atoms with van der Waals surface area (Å²) in [7, 11) is 1.61. The van der Waals surface area contributed by atoms with Gasteiger partial charge in [0, 0.05) is 30.2 Å². The van der Waals surface area contributed by atoms with Crippen molar-refractivity contribution in [3.05, 3.63) is 53.7 Å². The molecule has 3 aliphatic rings. The number of ether oxygens (including phenoxy) is 1. The predicted molar refractivity (Wildman–Crippen MR) is 125 cm³/mol. The predicted octanol–water partition coefficient (Wildman–Crippen LogP) is 2.72. The number of hydrogen-bond donors (Lipinski definition) is 4. The molecule has 0 spiro atoms. The first-order chi connectivity index (χ1) is 16.1. The van der Waals surface area contributed by atoms with Gasteiger partial charge in [0.25, 0.3) is 5.91 Å². The minimum atomic E-state index is -0.334. The van der Waals surface area contributed by atoms with Crippen LogP contribution in [0.1, 0.15) is 28.9 Å². The third-order valence-corrected chi connectivity index (χ3v) is 6.60. The second-order valence-corrected chi connectivity index (χ2v) is 8.71. The van der Waals surface area contributed by atoms with Crippen LogP contribution in [0, 0.1) is 5.92 Å². The number of nitrogens with zero attached hydrogens (tertiary/aromatic N) is 2. The van der Waals surface area contributed by atoms with Crippen LogP contribution in [-0.4, -0.2) is 59.8 Å². The summed E-state index contributed by atoms with van der Waals surface area (Å²) >= 11 is 0. The van der Waals surface area contributed by atoms with Crippen molar-refractivity contribution in [1.82, 2.24) is 25.7 Å². The Morgan fingerprint density at radius 3 is 2.79 bits per heavy atom. The van der Waals surface area contributed by atoms with Gasteiger partial charge in [-0.25, -0.2) is 4.79 Å². The van der Waals surface area contributed by atoms with E-state index in [0.717, 1.165) is 49.3 Å². The van der Waals surface area contributed by atoms with Gasteiger partial charge < -0.3 is 25.6 Å². The maximum atomic E-state index is 13.0. The molecular formula is C24H28N6O3. The maximum Gasteiger partial charge on any atom is 0.319 e. The number of fused-ring (bicyclic) bond motifs is 4. The van der Waals surface area contributed by atoms with Crippen LogP contribution in [0.25, 0.3) is 10.9 Å². The molecule has 9 nitrogen and oxygen atoms in total. The van der Waals surface area contributed by atoms with Crippen LogP contribution in [0.15, 0.2) is 42.5 Å². The van der Waals surface area contributed by atoms with E-state index in [0.29, 0.717) is 29.2 Å². The molecule has 3 fully saturated rings. The molecule has 4 N–H and O–H groups in total. The number of hydrogen-bond acceptors (Lipinski definition) is 5. The van der Waals surface area contributed by atoms with Gasteiger partial charge in [-0.2, -0.15) is 5.10 Å². The Morgan fingerprint density at radius 2 is 2.03 bits per heavy atom. The third kappa shape index (κ3) is 4.63. The van der Waals surface area contributed by atoms with E-state index in [1.807, 2.05) is 30.3 Å². The molecule has 172 valence electrons. The van der Waals surface area contributed by atoms with Gasteiger partial charge in [0.2, 0.25) is 0 Å². The molecule has 0 radical (unpaired) electrons. The van der Waals surface area contributed by atoms with Gasteiger partial charge in [-0.05, 0) is 67.7 Å². The Hall–Kier alpha value is -3.59. The molecule has 0 saturated carbocycles. The summed E-state index contributed by atoms with van der Waals surface area (Å²) in [5, 5.41) is 16.7. The van der Waals surface area contributed by atoms with Gasteiger partial charge in [0.15, 0.2) is 5.69 Å². The van der Waals surface area contributed by atoms with E-state index in [4.69, 9.17) is 4.74 Å². The van der Waals surface area contributed by atoms with Crippen LogP contribution >= 0.6 is 0 Å². The van der Waals surface area contributed by atoms with Gasteiger partial charge in [0.1, 0.15) is 5.75 Å². The van der Waals surface area contributed by atoms with Crippen molar-refractivity contribution in [3.63, 3.8) is 0 Å². The van der Waals surface area contributed by atoms with E-state index in [1.54, 1.807) is 19.2 Å². The first-order valence-corrected chi connectivity index (χ1v) is 11.3. The number of carbonyl (C=O) groups excluding carboxylic acids is 2. The zero-order valence-corrected chi connectivity index (χ0v) is 18.6. The molecule has 2 bridgehead atoms. The van der Waals surface area contributed by atoms with Gasteiger partial charge in [-0.3, -0.25) is 9.89 Å². The number of anilines is 1. The van der Waals surface area contributed by atoms with Crippen LogP contribution in [0.5, 0.6) is 5.75 Å². The summed E-state index contributed by atoms with van der Waals surface area (Å²) in [6.07, 6.45) is 2.26. The molecule has 2 aromatic carbocycles. The van der Waals surface area contributed by atoms with Crippen molar-refractivity contribution < 1.29 is 14.3 Å². The van der Waals surface area contributed by atoms with E-state index in [1.165, 1.54) is 0 Å². The quantitative estimate of drug-likeness (QED) is 0.463. The Balaban J connectivity index is 1.24. The average molecular weight is 449 g/mol. The highest BCUT2D eigenvalue weighted by Gasteiger charge is 2.35. The lowest BCUT2D eigenvalue weighted by Crippen LogP contribution is -2.57. The minimum Gasteiger partial charge on any atom is -0.497 e. The summed E-state index contributed by atoms with van der Waals surface area (Å²) in [6, 6.07) is 12.7. The number of H-pyrrole nitrogens is 1. The second kappa shape index (κ2) is 9.11. The second-order valence-electron chi connectivity index (χ2n) is 8.71. The number of piperidine rings is 3. The van der Waals surface area contributed by atoms with Gasteiger partial charge in [-0.15, -0.1) is 0 Å². The van der Waals surface area contributed by atoms with Crippen LogP contribution in [-0.2, 0) is 6.54 Å². The van der Waals surface area contributed by atoms with Gasteiger partial charge >= 0.3 is 6.03 Å². The van der Waals surface area contributed by atoms with Crippen LogP contribution in [0.2, 0.25) is 0 Å². The van der Waals surface area contributed by atoms with Crippen molar-refractivity contribution in [2.24, 2.45) is 5.92 Å². The minimum absolute atomic E-state index is 0.162. The lowest BCUT2D eigenvalue weighted by molar-refractivity contribution is 0.0618. The smallest absolute Gasteiger partial charge is 0.319 e. The molecule has 1 atom stereocenters. The fourth-order valence-corrected chi connectivity index (χ4v) is 4.77. The van der Waals surface area contributed by atoms with Crippen LogP contribution < -0.4 is 20.7 Å². The van der Waals surface area contributed by atoms with Crippen molar-refractivity contribution >= 4 is 28.5 Å².